The van der Waals surface area contributed by atoms with Crippen LogP contribution in [0.5, 0.6) is 0 Å². The van der Waals surface area contributed by atoms with E-state index in [0.717, 1.165) is 18.0 Å². The SMILES string of the molecule is CC(NCc1ccc(C(F)F)cc1)C1CCCCC1. The highest BCUT2D eigenvalue weighted by atomic mass is 19.3. The van der Waals surface area contributed by atoms with Gasteiger partial charge in [0.1, 0.15) is 0 Å². The quantitative estimate of drug-likeness (QED) is 0.816. The maximum absolute atomic E-state index is 12.4. The molecular weight excluding hydrogens is 244 g/mol. The highest BCUT2D eigenvalue weighted by molar-refractivity contribution is 5.23. The number of nitrogens with one attached hydrogen (secondary N) is 1. The summed E-state index contributed by atoms with van der Waals surface area (Å²) in [5.41, 5.74) is 1.18. The zero-order valence-corrected chi connectivity index (χ0v) is 11.5. The first-order valence-corrected chi connectivity index (χ1v) is 7.27. The molecule has 1 aromatic carbocycles. The zero-order valence-electron chi connectivity index (χ0n) is 11.5. The fourth-order valence-corrected chi connectivity index (χ4v) is 2.86. The minimum Gasteiger partial charge on any atom is -0.310 e. The smallest absolute Gasteiger partial charge is 0.263 e. The molecule has 0 bridgehead atoms. The molecule has 106 valence electrons. The fraction of sp³-hybridized carbons (Fsp3) is 0.625. The Balaban J connectivity index is 1.80. The number of hydrogen-bond acceptors (Lipinski definition) is 1. The van der Waals surface area contributed by atoms with Gasteiger partial charge in [-0.25, -0.2) is 8.78 Å². The maximum atomic E-state index is 12.4. The van der Waals surface area contributed by atoms with Gasteiger partial charge in [-0.15, -0.1) is 0 Å². The van der Waals surface area contributed by atoms with Crippen molar-refractivity contribution < 1.29 is 8.78 Å². The molecule has 1 unspecified atom stereocenters. The average Bonchev–Trinajstić information content (AvgIpc) is 2.46. The van der Waals surface area contributed by atoms with Crippen LogP contribution in [0.1, 0.15) is 56.6 Å². The van der Waals surface area contributed by atoms with E-state index in [2.05, 4.69) is 12.2 Å². The van der Waals surface area contributed by atoms with Crippen LogP contribution in [0.4, 0.5) is 8.78 Å². The predicted molar refractivity (Wildman–Crippen MR) is 74.3 cm³/mol. The van der Waals surface area contributed by atoms with E-state index in [9.17, 15) is 8.78 Å². The molecule has 1 aromatic rings. The van der Waals surface area contributed by atoms with Crippen LogP contribution >= 0.6 is 0 Å². The van der Waals surface area contributed by atoms with Crippen LogP contribution < -0.4 is 5.32 Å². The van der Waals surface area contributed by atoms with Gasteiger partial charge in [-0.05, 0) is 31.2 Å². The monoisotopic (exact) mass is 267 g/mol. The first-order chi connectivity index (χ1) is 9.16. The summed E-state index contributed by atoms with van der Waals surface area (Å²) >= 11 is 0. The Morgan fingerprint density at radius 1 is 1.11 bits per heavy atom. The molecule has 1 aliphatic carbocycles. The van der Waals surface area contributed by atoms with Crippen LogP contribution in [-0.2, 0) is 6.54 Å². The van der Waals surface area contributed by atoms with Crippen molar-refractivity contribution >= 4 is 0 Å². The van der Waals surface area contributed by atoms with Crippen molar-refractivity contribution in [2.24, 2.45) is 5.92 Å². The van der Waals surface area contributed by atoms with Gasteiger partial charge in [-0.3, -0.25) is 0 Å². The Kier molecular flexibility index (Phi) is 5.32. The van der Waals surface area contributed by atoms with E-state index < -0.39 is 6.43 Å². The van der Waals surface area contributed by atoms with Gasteiger partial charge in [0.2, 0.25) is 0 Å². The van der Waals surface area contributed by atoms with Crippen LogP contribution in [0.25, 0.3) is 0 Å². The summed E-state index contributed by atoms with van der Waals surface area (Å²) in [5.74, 6) is 0.772. The Morgan fingerprint density at radius 2 is 1.74 bits per heavy atom. The van der Waals surface area contributed by atoms with Gasteiger partial charge < -0.3 is 5.32 Å². The first-order valence-electron chi connectivity index (χ1n) is 7.27. The number of benzene rings is 1. The van der Waals surface area contributed by atoms with Crippen molar-refractivity contribution in [1.29, 1.82) is 0 Å². The summed E-state index contributed by atoms with van der Waals surface area (Å²) < 4.78 is 24.9. The van der Waals surface area contributed by atoms with E-state index in [4.69, 9.17) is 0 Å². The minimum atomic E-state index is -2.37. The molecule has 2 rings (SSSR count). The van der Waals surface area contributed by atoms with Crippen molar-refractivity contribution in [3.8, 4) is 0 Å². The van der Waals surface area contributed by atoms with E-state index in [0.29, 0.717) is 6.04 Å². The molecule has 19 heavy (non-hydrogen) atoms. The summed E-state index contributed by atoms with van der Waals surface area (Å²) in [6.07, 6.45) is 4.33. The predicted octanol–water partition coefficient (Wildman–Crippen LogP) is 4.68. The second kappa shape index (κ2) is 6.99. The molecule has 1 atom stereocenters. The minimum absolute atomic E-state index is 0.101. The number of hydrogen-bond donors (Lipinski definition) is 1. The standard InChI is InChI=1S/C16H23F2N/c1-12(14-5-3-2-4-6-14)19-11-13-7-9-15(10-8-13)16(17)18/h7-10,12,14,16,19H,2-6,11H2,1H3. The summed E-state index contributed by atoms with van der Waals surface area (Å²) in [6.45, 7) is 3.00. The summed E-state index contributed by atoms with van der Waals surface area (Å²) in [4.78, 5) is 0. The summed E-state index contributed by atoms with van der Waals surface area (Å²) in [5, 5.41) is 3.53. The number of halogens is 2. The highest BCUT2D eigenvalue weighted by Crippen LogP contribution is 2.26. The van der Waals surface area contributed by atoms with Crippen LogP contribution in [-0.4, -0.2) is 6.04 Å². The Morgan fingerprint density at radius 3 is 2.32 bits per heavy atom. The molecule has 0 spiro atoms. The van der Waals surface area contributed by atoms with Gasteiger partial charge in [-0.2, -0.15) is 0 Å². The fourth-order valence-electron chi connectivity index (χ4n) is 2.86. The lowest BCUT2D eigenvalue weighted by Gasteiger charge is -2.28. The molecule has 1 aliphatic rings. The number of rotatable bonds is 5. The topological polar surface area (TPSA) is 12.0 Å². The molecule has 0 saturated heterocycles. The second-order valence-electron chi connectivity index (χ2n) is 5.61. The average molecular weight is 267 g/mol. The van der Waals surface area contributed by atoms with Crippen LogP contribution in [0.3, 0.4) is 0 Å². The van der Waals surface area contributed by atoms with Crippen LogP contribution in [0.15, 0.2) is 24.3 Å². The van der Waals surface area contributed by atoms with Crippen molar-refractivity contribution in [3.05, 3.63) is 35.4 Å². The molecule has 1 fully saturated rings. The van der Waals surface area contributed by atoms with Gasteiger partial charge >= 0.3 is 0 Å². The molecular formula is C16H23F2N. The molecule has 0 aromatic heterocycles. The van der Waals surface area contributed by atoms with E-state index in [1.807, 2.05) is 0 Å². The van der Waals surface area contributed by atoms with Crippen molar-refractivity contribution in [3.63, 3.8) is 0 Å². The third-order valence-corrected chi connectivity index (χ3v) is 4.22. The van der Waals surface area contributed by atoms with E-state index >= 15 is 0 Å². The lowest BCUT2D eigenvalue weighted by atomic mass is 9.84. The third-order valence-electron chi connectivity index (χ3n) is 4.22. The second-order valence-corrected chi connectivity index (χ2v) is 5.61. The van der Waals surface area contributed by atoms with Crippen LogP contribution in [0.2, 0.25) is 0 Å². The highest BCUT2D eigenvalue weighted by Gasteiger charge is 2.19. The largest absolute Gasteiger partial charge is 0.310 e. The number of alkyl halides is 2. The Hall–Kier alpha value is -0.960. The molecule has 1 N–H and O–H groups in total. The summed E-state index contributed by atoms with van der Waals surface area (Å²) in [6, 6.07) is 7.14. The van der Waals surface area contributed by atoms with E-state index in [1.54, 1.807) is 12.1 Å². The Labute approximate surface area is 114 Å². The first kappa shape index (κ1) is 14.4. The van der Waals surface area contributed by atoms with Crippen molar-refractivity contribution in [2.75, 3.05) is 0 Å². The molecule has 3 heteroatoms. The van der Waals surface area contributed by atoms with Gasteiger partial charge in [-0.1, -0.05) is 43.5 Å². The molecule has 0 aliphatic heterocycles. The zero-order chi connectivity index (χ0) is 13.7. The van der Waals surface area contributed by atoms with Crippen molar-refractivity contribution in [2.45, 2.75) is 58.0 Å². The molecule has 0 radical (unpaired) electrons. The Bertz CT molecular complexity index is 369. The lowest BCUT2D eigenvalue weighted by molar-refractivity contribution is 0.151. The normalized spacial score (nSPS) is 18.7. The molecule has 0 heterocycles. The lowest BCUT2D eigenvalue weighted by Crippen LogP contribution is -2.34. The van der Waals surface area contributed by atoms with E-state index in [1.165, 1.54) is 44.2 Å². The third kappa shape index (κ3) is 4.27. The molecule has 1 nitrogen and oxygen atoms in total. The van der Waals surface area contributed by atoms with Gasteiger partial charge in [0.25, 0.3) is 6.43 Å². The maximum Gasteiger partial charge on any atom is 0.263 e. The van der Waals surface area contributed by atoms with E-state index in [-0.39, 0.29) is 5.56 Å². The van der Waals surface area contributed by atoms with Crippen molar-refractivity contribution in [1.82, 2.24) is 5.32 Å². The van der Waals surface area contributed by atoms with Gasteiger partial charge in [0, 0.05) is 18.2 Å². The molecule has 0 amide bonds. The molecule has 1 saturated carbocycles. The van der Waals surface area contributed by atoms with Gasteiger partial charge in [0.15, 0.2) is 0 Å². The van der Waals surface area contributed by atoms with Gasteiger partial charge in [0.05, 0.1) is 0 Å². The van der Waals surface area contributed by atoms with Crippen LogP contribution in [0, 0.1) is 5.92 Å². The summed E-state index contributed by atoms with van der Waals surface area (Å²) in [7, 11) is 0.